The molecule has 1 spiro atoms. The normalized spacial score (nSPS) is 31.4. The van der Waals surface area contributed by atoms with Crippen molar-refractivity contribution in [3.8, 4) is 0 Å². The second kappa shape index (κ2) is 5.27. The molecule has 0 unspecified atom stereocenters. The van der Waals surface area contributed by atoms with E-state index >= 15 is 0 Å². The van der Waals surface area contributed by atoms with Gasteiger partial charge in [-0.3, -0.25) is 0 Å². The Morgan fingerprint density at radius 1 is 1.29 bits per heavy atom. The number of hydrogen-bond acceptors (Lipinski definition) is 3. The van der Waals surface area contributed by atoms with E-state index in [0.29, 0.717) is 10.6 Å². The summed E-state index contributed by atoms with van der Waals surface area (Å²) in [6.07, 6.45) is 3.89. The molecule has 2 atom stereocenters. The van der Waals surface area contributed by atoms with Gasteiger partial charge in [-0.15, -0.1) is 0 Å². The smallest absolute Gasteiger partial charge is 0.338 e. The van der Waals surface area contributed by atoms with Gasteiger partial charge in [0.2, 0.25) is 0 Å². The maximum absolute atomic E-state index is 11.8. The molecular weight excluding hydrogens is 292 g/mol. The maximum Gasteiger partial charge on any atom is 0.338 e. The van der Waals surface area contributed by atoms with E-state index in [1.54, 1.807) is 19.1 Å². The molecule has 0 amide bonds. The molecule has 2 fully saturated rings. The fourth-order valence-electron chi connectivity index (χ4n) is 3.31. The zero-order chi connectivity index (χ0) is 15.1. The lowest BCUT2D eigenvalue weighted by atomic mass is 9.93. The van der Waals surface area contributed by atoms with E-state index in [9.17, 15) is 9.90 Å². The van der Waals surface area contributed by atoms with Crippen LogP contribution in [-0.2, 0) is 14.3 Å². The minimum absolute atomic E-state index is 0.506. The molecular formula is C16H19ClO4. The van der Waals surface area contributed by atoms with Gasteiger partial charge in [0.05, 0.1) is 0 Å². The SMILES string of the molecule is C[C@]1(C(=O)O)OC2(CCCCC2)O[C@@H]1c1ccccc1Cl. The monoisotopic (exact) mass is 310 g/mol. The van der Waals surface area contributed by atoms with Crippen LogP contribution in [0, 0.1) is 0 Å². The predicted octanol–water partition coefficient (Wildman–Crippen LogP) is 3.93. The molecule has 4 nitrogen and oxygen atoms in total. The summed E-state index contributed by atoms with van der Waals surface area (Å²) in [5, 5.41) is 10.2. The first kappa shape index (κ1) is 14.8. The molecule has 114 valence electrons. The van der Waals surface area contributed by atoms with Crippen molar-refractivity contribution in [3.05, 3.63) is 34.9 Å². The summed E-state index contributed by atoms with van der Waals surface area (Å²) in [5.41, 5.74) is -0.742. The molecule has 0 radical (unpaired) electrons. The van der Waals surface area contributed by atoms with Crippen molar-refractivity contribution < 1.29 is 19.4 Å². The lowest BCUT2D eigenvalue weighted by Gasteiger charge is -2.32. The number of aliphatic carboxylic acids is 1. The average Bonchev–Trinajstić information content (AvgIpc) is 2.74. The molecule has 21 heavy (non-hydrogen) atoms. The number of carbonyl (C=O) groups is 1. The number of halogens is 1. The first-order valence-corrected chi connectivity index (χ1v) is 7.70. The van der Waals surface area contributed by atoms with Gasteiger partial charge in [0, 0.05) is 23.4 Å². The van der Waals surface area contributed by atoms with Gasteiger partial charge in [0.25, 0.3) is 0 Å². The Kier molecular flexibility index (Phi) is 3.72. The van der Waals surface area contributed by atoms with E-state index in [1.807, 2.05) is 12.1 Å². The standard InChI is InChI=1S/C16H19ClO4/c1-15(14(18)19)13(11-7-3-4-8-12(11)17)20-16(21-15)9-5-2-6-10-16/h3-4,7-8,13H,2,5-6,9-10H2,1H3,(H,18,19)/t13-,15+/m1/s1. The van der Waals surface area contributed by atoms with Crippen LogP contribution in [0.4, 0.5) is 0 Å². The summed E-state index contributed by atoms with van der Waals surface area (Å²) in [4.78, 5) is 11.8. The average molecular weight is 311 g/mol. The number of hydrogen-bond donors (Lipinski definition) is 1. The number of ether oxygens (including phenoxy) is 2. The van der Waals surface area contributed by atoms with Gasteiger partial charge in [-0.05, 0) is 25.8 Å². The van der Waals surface area contributed by atoms with Crippen LogP contribution in [0.5, 0.6) is 0 Å². The zero-order valence-electron chi connectivity index (χ0n) is 12.0. The highest BCUT2D eigenvalue weighted by Gasteiger charge is 2.59. The Labute approximate surface area is 129 Å². The molecule has 0 bridgehead atoms. The van der Waals surface area contributed by atoms with Crippen LogP contribution >= 0.6 is 11.6 Å². The van der Waals surface area contributed by atoms with E-state index in [4.69, 9.17) is 21.1 Å². The fraction of sp³-hybridized carbons (Fsp3) is 0.562. The molecule has 1 aliphatic carbocycles. The maximum atomic E-state index is 11.8. The molecule has 1 aromatic rings. The van der Waals surface area contributed by atoms with Crippen LogP contribution in [0.3, 0.4) is 0 Å². The van der Waals surface area contributed by atoms with Crippen molar-refractivity contribution in [1.29, 1.82) is 0 Å². The third-order valence-electron chi connectivity index (χ3n) is 4.46. The molecule has 5 heteroatoms. The Morgan fingerprint density at radius 2 is 1.95 bits per heavy atom. The van der Waals surface area contributed by atoms with Gasteiger partial charge >= 0.3 is 5.97 Å². The predicted molar refractivity (Wildman–Crippen MR) is 78.2 cm³/mol. The summed E-state index contributed by atoms with van der Waals surface area (Å²) in [5.74, 6) is -1.80. The molecule has 0 aromatic heterocycles. The van der Waals surface area contributed by atoms with Crippen LogP contribution < -0.4 is 0 Å². The van der Waals surface area contributed by atoms with Crippen molar-refractivity contribution >= 4 is 17.6 Å². The number of benzene rings is 1. The molecule has 2 aliphatic rings. The Bertz CT molecular complexity index is 553. The van der Waals surface area contributed by atoms with Gasteiger partial charge in [-0.25, -0.2) is 4.79 Å². The highest BCUT2D eigenvalue weighted by Crippen LogP contribution is 2.52. The molecule has 1 N–H and O–H groups in total. The van der Waals surface area contributed by atoms with Crippen LogP contribution in [0.25, 0.3) is 0 Å². The minimum Gasteiger partial charge on any atom is -0.479 e. The van der Waals surface area contributed by atoms with Gasteiger partial charge in [-0.2, -0.15) is 0 Å². The fourth-order valence-corrected chi connectivity index (χ4v) is 3.54. The highest BCUT2D eigenvalue weighted by molar-refractivity contribution is 6.31. The third kappa shape index (κ3) is 2.45. The second-order valence-electron chi connectivity index (χ2n) is 6.01. The number of carboxylic acids is 1. The summed E-state index contributed by atoms with van der Waals surface area (Å²) in [7, 11) is 0. The van der Waals surface area contributed by atoms with E-state index in [1.165, 1.54) is 0 Å². The zero-order valence-corrected chi connectivity index (χ0v) is 12.7. The molecule has 1 heterocycles. The van der Waals surface area contributed by atoms with Crippen molar-refractivity contribution in [2.75, 3.05) is 0 Å². The van der Waals surface area contributed by atoms with Crippen molar-refractivity contribution in [3.63, 3.8) is 0 Å². The van der Waals surface area contributed by atoms with Gasteiger partial charge < -0.3 is 14.6 Å². The summed E-state index contributed by atoms with van der Waals surface area (Å²) in [6, 6.07) is 7.20. The van der Waals surface area contributed by atoms with Crippen molar-refractivity contribution in [2.24, 2.45) is 0 Å². The first-order valence-electron chi connectivity index (χ1n) is 7.33. The van der Waals surface area contributed by atoms with E-state index in [0.717, 1.165) is 32.1 Å². The lowest BCUT2D eigenvalue weighted by Crippen LogP contribution is -2.42. The Hall–Kier alpha value is -1.10. The van der Waals surface area contributed by atoms with Crippen LogP contribution in [0.2, 0.25) is 5.02 Å². The summed E-state index contributed by atoms with van der Waals surface area (Å²) in [6.45, 7) is 1.58. The third-order valence-corrected chi connectivity index (χ3v) is 4.80. The van der Waals surface area contributed by atoms with Gasteiger partial charge in [-0.1, -0.05) is 36.2 Å². The molecule has 1 aromatic carbocycles. The van der Waals surface area contributed by atoms with Gasteiger partial charge in [0.15, 0.2) is 11.4 Å². The lowest BCUT2D eigenvalue weighted by molar-refractivity contribution is -0.211. The first-order chi connectivity index (χ1) is 9.97. The van der Waals surface area contributed by atoms with Crippen LogP contribution in [-0.4, -0.2) is 22.5 Å². The van der Waals surface area contributed by atoms with E-state index < -0.39 is 23.5 Å². The minimum atomic E-state index is -1.41. The molecule has 1 saturated heterocycles. The number of carboxylic acid groups (broad SMARTS) is 1. The van der Waals surface area contributed by atoms with Gasteiger partial charge in [0.1, 0.15) is 6.10 Å². The van der Waals surface area contributed by atoms with Crippen LogP contribution in [0.1, 0.15) is 50.7 Å². The Morgan fingerprint density at radius 3 is 2.57 bits per heavy atom. The van der Waals surface area contributed by atoms with Crippen molar-refractivity contribution in [1.82, 2.24) is 0 Å². The van der Waals surface area contributed by atoms with E-state index in [2.05, 4.69) is 0 Å². The van der Waals surface area contributed by atoms with Crippen LogP contribution in [0.15, 0.2) is 24.3 Å². The quantitative estimate of drug-likeness (QED) is 0.899. The molecule has 1 aliphatic heterocycles. The summed E-state index contributed by atoms with van der Waals surface area (Å²) < 4.78 is 12.1. The largest absolute Gasteiger partial charge is 0.479 e. The number of rotatable bonds is 2. The topological polar surface area (TPSA) is 55.8 Å². The molecule has 1 saturated carbocycles. The van der Waals surface area contributed by atoms with Crippen molar-refractivity contribution in [2.45, 2.75) is 56.5 Å². The molecule has 3 rings (SSSR count). The second-order valence-corrected chi connectivity index (χ2v) is 6.41. The summed E-state index contributed by atoms with van der Waals surface area (Å²) >= 11 is 6.24. The Balaban J connectivity index is 2.01. The highest BCUT2D eigenvalue weighted by atomic mass is 35.5. The van der Waals surface area contributed by atoms with E-state index in [-0.39, 0.29) is 0 Å².